The van der Waals surface area contributed by atoms with E-state index in [9.17, 15) is 14.4 Å². The maximum Gasteiger partial charge on any atom is 0.352 e. The molecule has 3 N–H and O–H groups in total. The van der Waals surface area contributed by atoms with Crippen molar-refractivity contribution in [2.24, 2.45) is 0 Å². The maximum atomic E-state index is 12.4. The molecule has 8 nitrogen and oxygen atoms in total. The minimum absolute atomic E-state index is 0.0685. The first-order valence-electron chi connectivity index (χ1n) is 8.50. The van der Waals surface area contributed by atoms with E-state index in [1.807, 2.05) is 6.07 Å². The van der Waals surface area contributed by atoms with E-state index in [4.69, 9.17) is 9.47 Å². The van der Waals surface area contributed by atoms with Gasteiger partial charge in [-0.1, -0.05) is 36.4 Å². The fraction of sp³-hybridized carbons (Fsp3) is 0.150. The molecule has 0 aliphatic carbocycles. The van der Waals surface area contributed by atoms with Crippen LogP contribution < -0.4 is 16.2 Å². The van der Waals surface area contributed by atoms with Gasteiger partial charge < -0.3 is 14.8 Å². The van der Waals surface area contributed by atoms with Crippen LogP contribution in [-0.4, -0.2) is 23.6 Å². The second kappa shape index (κ2) is 7.83. The predicted octanol–water partition coefficient (Wildman–Crippen LogP) is 2.08. The van der Waals surface area contributed by atoms with Gasteiger partial charge in [-0.2, -0.15) is 0 Å². The van der Waals surface area contributed by atoms with E-state index < -0.39 is 29.2 Å². The Morgan fingerprint density at radius 1 is 0.821 bits per heavy atom. The van der Waals surface area contributed by atoms with Gasteiger partial charge in [-0.3, -0.25) is 15.6 Å². The minimum atomic E-state index is -1.37. The largest absolute Gasteiger partial charge is 0.419 e. The number of benzene rings is 2. The zero-order valence-electron chi connectivity index (χ0n) is 15.3. The first kappa shape index (κ1) is 19.0. The quantitative estimate of drug-likeness (QED) is 0.315. The Labute approximate surface area is 161 Å². The van der Waals surface area contributed by atoms with Crippen LogP contribution in [0.3, 0.4) is 0 Å². The van der Waals surface area contributed by atoms with Gasteiger partial charge in [-0.25, -0.2) is 9.59 Å². The second-order valence-corrected chi connectivity index (χ2v) is 6.37. The molecule has 8 heteroatoms. The van der Waals surface area contributed by atoms with Crippen molar-refractivity contribution in [1.82, 2.24) is 10.9 Å². The van der Waals surface area contributed by atoms with Gasteiger partial charge in [0.05, 0.1) is 0 Å². The molecule has 2 aromatic rings. The molecule has 1 heterocycles. The van der Waals surface area contributed by atoms with Crippen LogP contribution in [0.15, 0.2) is 72.1 Å². The molecule has 3 rings (SSSR count). The third-order valence-corrected chi connectivity index (χ3v) is 3.72. The molecule has 2 aromatic carbocycles. The molecule has 28 heavy (non-hydrogen) atoms. The zero-order chi connectivity index (χ0) is 20.1. The van der Waals surface area contributed by atoms with E-state index in [1.54, 1.807) is 54.6 Å². The van der Waals surface area contributed by atoms with Gasteiger partial charge in [-0.15, -0.1) is 0 Å². The van der Waals surface area contributed by atoms with E-state index in [0.717, 1.165) is 0 Å². The van der Waals surface area contributed by atoms with Crippen molar-refractivity contribution in [1.29, 1.82) is 0 Å². The summed E-state index contributed by atoms with van der Waals surface area (Å²) in [4.78, 5) is 37.1. The van der Waals surface area contributed by atoms with Crippen LogP contribution in [0.5, 0.6) is 0 Å². The molecule has 0 aromatic heterocycles. The van der Waals surface area contributed by atoms with Crippen molar-refractivity contribution in [2.75, 3.05) is 5.32 Å². The Morgan fingerprint density at radius 2 is 1.36 bits per heavy atom. The number of hydrazine groups is 1. The van der Waals surface area contributed by atoms with Crippen molar-refractivity contribution in [2.45, 2.75) is 19.6 Å². The Balaban J connectivity index is 1.88. The Bertz CT molecular complexity index is 901. The molecule has 144 valence electrons. The average Bonchev–Trinajstić information content (AvgIpc) is 2.65. The lowest BCUT2D eigenvalue weighted by molar-refractivity contribution is -0.222. The van der Waals surface area contributed by atoms with Crippen molar-refractivity contribution < 1.29 is 23.9 Å². The van der Waals surface area contributed by atoms with Gasteiger partial charge in [0, 0.05) is 25.1 Å². The standard InChI is InChI=1S/C20H19N3O5/c1-20(2)27-18(25)15(19(26)28-20)16(21-14-11-7-4-8-12-14)22-23-17(24)13-9-5-3-6-10-13/h3-12,21-22H,1-2H3,(H,23,24). The van der Waals surface area contributed by atoms with Gasteiger partial charge in [0.1, 0.15) is 5.82 Å². The number of amides is 1. The summed E-state index contributed by atoms with van der Waals surface area (Å²) in [6.07, 6.45) is 0. The van der Waals surface area contributed by atoms with E-state index >= 15 is 0 Å². The summed E-state index contributed by atoms with van der Waals surface area (Å²) in [6.45, 7) is 2.91. The third-order valence-electron chi connectivity index (χ3n) is 3.72. The number of hydrogen-bond donors (Lipinski definition) is 3. The van der Waals surface area contributed by atoms with E-state index in [2.05, 4.69) is 16.2 Å². The molecule has 1 fully saturated rings. The van der Waals surface area contributed by atoms with Crippen LogP contribution in [-0.2, 0) is 19.1 Å². The highest BCUT2D eigenvalue weighted by atomic mass is 16.7. The summed E-state index contributed by atoms with van der Waals surface area (Å²) in [5.74, 6) is -3.64. The fourth-order valence-corrected chi connectivity index (χ4v) is 2.46. The van der Waals surface area contributed by atoms with E-state index in [0.29, 0.717) is 11.3 Å². The normalized spacial score (nSPS) is 15.1. The van der Waals surface area contributed by atoms with E-state index in [1.165, 1.54) is 13.8 Å². The number of esters is 2. The number of rotatable bonds is 5. The summed E-state index contributed by atoms with van der Waals surface area (Å²) in [6, 6.07) is 17.3. The Kier molecular flexibility index (Phi) is 5.30. The molecular formula is C20H19N3O5. The lowest BCUT2D eigenvalue weighted by Crippen LogP contribution is -2.46. The summed E-state index contributed by atoms with van der Waals surface area (Å²) in [5, 5.41) is 2.90. The van der Waals surface area contributed by atoms with Crippen molar-refractivity contribution in [3.8, 4) is 0 Å². The van der Waals surface area contributed by atoms with Crippen molar-refractivity contribution in [3.63, 3.8) is 0 Å². The lowest BCUT2D eigenvalue weighted by Gasteiger charge is -2.31. The van der Waals surface area contributed by atoms with Gasteiger partial charge in [0.25, 0.3) is 11.7 Å². The van der Waals surface area contributed by atoms with Gasteiger partial charge in [0.15, 0.2) is 5.57 Å². The summed E-state index contributed by atoms with van der Waals surface area (Å²) >= 11 is 0. The van der Waals surface area contributed by atoms with E-state index in [-0.39, 0.29) is 5.82 Å². The molecule has 0 atom stereocenters. The molecule has 1 aliphatic rings. The first-order chi connectivity index (χ1) is 13.4. The van der Waals surface area contributed by atoms with Crippen LogP contribution in [0.1, 0.15) is 24.2 Å². The van der Waals surface area contributed by atoms with Crippen LogP contribution in [0.2, 0.25) is 0 Å². The number of carbonyl (C=O) groups is 3. The van der Waals surface area contributed by atoms with Crippen molar-refractivity contribution >= 4 is 23.5 Å². The lowest BCUT2D eigenvalue weighted by atomic mass is 10.2. The number of nitrogens with one attached hydrogen (secondary N) is 3. The topological polar surface area (TPSA) is 106 Å². The highest BCUT2D eigenvalue weighted by molar-refractivity contribution is 6.16. The number of para-hydroxylation sites is 1. The molecule has 0 unspecified atom stereocenters. The number of anilines is 1. The number of hydrogen-bond acceptors (Lipinski definition) is 7. The second-order valence-electron chi connectivity index (χ2n) is 6.37. The molecule has 0 radical (unpaired) electrons. The number of ether oxygens (including phenoxy) is 2. The first-order valence-corrected chi connectivity index (χ1v) is 8.50. The number of carbonyl (C=O) groups excluding carboxylic acids is 3. The summed E-state index contributed by atoms with van der Waals surface area (Å²) in [5.41, 5.74) is 5.63. The monoisotopic (exact) mass is 381 g/mol. The maximum absolute atomic E-state index is 12.4. The fourth-order valence-electron chi connectivity index (χ4n) is 2.46. The zero-order valence-corrected chi connectivity index (χ0v) is 15.3. The molecule has 1 saturated heterocycles. The van der Waals surface area contributed by atoms with Crippen LogP contribution in [0.4, 0.5) is 5.69 Å². The smallest absolute Gasteiger partial charge is 0.352 e. The van der Waals surface area contributed by atoms with Crippen LogP contribution in [0, 0.1) is 0 Å². The average molecular weight is 381 g/mol. The summed E-state index contributed by atoms with van der Waals surface area (Å²) < 4.78 is 10.3. The highest BCUT2D eigenvalue weighted by Crippen LogP contribution is 2.24. The van der Waals surface area contributed by atoms with Crippen LogP contribution in [0.25, 0.3) is 0 Å². The van der Waals surface area contributed by atoms with Crippen LogP contribution >= 0.6 is 0 Å². The van der Waals surface area contributed by atoms with Gasteiger partial charge >= 0.3 is 11.9 Å². The molecule has 1 amide bonds. The molecular weight excluding hydrogens is 362 g/mol. The molecule has 0 bridgehead atoms. The van der Waals surface area contributed by atoms with Crippen molar-refractivity contribution in [3.05, 3.63) is 77.6 Å². The third kappa shape index (κ3) is 4.47. The van der Waals surface area contributed by atoms with Gasteiger partial charge in [0.2, 0.25) is 0 Å². The van der Waals surface area contributed by atoms with Gasteiger partial charge in [-0.05, 0) is 24.3 Å². The SMILES string of the molecule is CC1(C)OC(=O)C(=C(NNC(=O)c2ccccc2)Nc2ccccc2)C(=O)O1. The minimum Gasteiger partial charge on any atom is -0.419 e. The Hall–Kier alpha value is -3.81. The molecule has 1 aliphatic heterocycles. The highest BCUT2D eigenvalue weighted by Gasteiger charge is 2.41. The summed E-state index contributed by atoms with van der Waals surface area (Å²) in [7, 11) is 0. The predicted molar refractivity (Wildman–Crippen MR) is 100 cm³/mol. The molecule has 0 spiro atoms. The number of cyclic esters (lactones) is 2. The molecule has 0 saturated carbocycles. The Morgan fingerprint density at radius 3 is 1.93 bits per heavy atom.